The van der Waals surface area contributed by atoms with Crippen LogP contribution in [0, 0.1) is 6.92 Å². The molecule has 0 aliphatic carbocycles. The number of ether oxygens (including phenoxy) is 1. The Labute approximate surface area is 95.8 Å². The highest BCUT2D eigenvalue weighted by atomic mass is 79.9. The van der Waals surface area contributed by atoms with Gasteiger partial charge in [0.25, 0.3) is 0 Å². The lowest BCUT2D eigenvalue weighted by atomic mass is 10.2. The third kappa shape index (κ3) is 1.55. The van der Waals surface area contributed by atoms with Crippen molar-refractivity contribution < 1.29 is 4.74 Å². The van der Waals surface area contributed by atoms with E-state index in [1.54, 1.807) is 11.3 Å². The van der Waals surface area contributed by atoms with Crippen LogP contribution in [0.5, 0.6) is 5.06 Å². The highest BCUT2D eigenvalue weighted by Crippen LogP contribution is 2.40. The Bertz CT molecular complexity index is 462. The second-order valence-electron chi connectivity index (χ2n) is 3.06. The maximum atomic E-state index is 5.57. The Morgan fingerprint density at radius 3 is 2.86 bits per heavy atom. The molecule has 0 saturated heterocycles. The highest BCUT2D eigenvalue weighted by molar-refractivity contribution is 9.10. The monoisotopic (exact) mass is 270 g/mol. The number of halogens is 1. The van der Waals surface area contributed by atoms with Crippen LogP contribution in [-0.4, -0.2) is 6.61 Å². The van der Waals surface area contributed by atoms with Gasteiger partial charge in [-0.15, -0.1) is 0 Å². The third-order valence-corrected chi connectivity index (χ3v) is 4.32. The molecule has 0 unspecified atom stereocenters. The van der Waals surface area contributed by atoms with E-state index in [-0.39, 0.29) is 0 Å². The van der Waals surface area contributed by atoms with Crippen molar-refractivity contribution in [3.63, 3.8) is 0 Å². The van der Waals surface area contributed by atoms with Crippen molar-refractivity contribution in [3.8, 4) is 5.06 Å². The summed E-state index contributed by atoms with van der Waals surface area (Å²) in [5, 5.41) is 2.32. The van der Waals surface area contributed by atoms with E-state index in [2.05, 4.69) is 41.1 Å². The van der Waals surface area contributed by atoms with Crippen LogP contribution in [0.25, 0.3) is 10.1 Å². The zero-order valence-corrected chi connectivity index (χ0v) is 10.5. The molecule has 1 nitrogen and oxygen atoms in total. The summed E-state index contributed by atoms with van der Waals surface area (Å²) in [6, 6.07) is 6.25. The fourth-order valence-electron chi connectivity index (χ4n) is 1.46. The van der Waals surface area contributed by atoms with Crippen LogP contribution in [-0.2, 0) is 0 Å². The second-order valence-corrected chi connectivity index (χ2v) is 4.90. The first-order chi connectivity index (χ1) is 6.74. The molecule has 1 aromatic heterocycles. The van der Waals surface area contributed by atoms with Crippen molar-refractivity contribution in [2.45, 2.75) is 13.8 Å². The van der Waals surface area contributed by atoms with Crippen LogP contribution in [0.2, 0.25) is 0 Å². The number of hydrogen-bond acceptors (Lipinski definition) is 2. The zero-order valence-electron chi connectivity index (χ0n) is 8.13. The SMILES string of the molecule is CCOc1sc2c(Br)cccc2c1C. The molecule has 2 rings (SSSR count). The van der Waals surface area contributed by atoms with E-state index in [0.717, 1.165) is 16.1 Å². The first-order valence-corrected chi connectivity index (χ1v) is 6.15. The fourth-order valence-corrected chi connectivity index (χ4v) is 3.19. The van der Waals surface area contributed by atoms with Crippen molar-refractivity contribution in [2.75, 3.05) is 6.61 Å². The average Bonchev–Trinajstić information content (AvgIpc) is 2.48. The van der Waals surface area contributed by atoms with E-state index >= 15 is 0 Å². The molecular weight excluding hydrogens is 260 g/mol. The molecule has 0 bridgehead atoms. The van der Waals surface area contributed by atoms with Gasteiger partial charge < -0.3 is 4.74 Å². The largest absolute Gasteiger partial charge is 0.484 e. The molecule has 2 aromatic rings. The summed E-state index contributed by atoms with van der Waals surface area (Å²) in [4.78, 5) is 0. The van der Waals surface area contributed by atoms with Crippen molar-refractivity contribution in [3.05, 3.63) is 28.2 Å². The number of hydrogen-bond donors (Lipinski definition) is 0. The van der Waals surface area contributed by atoms with Gasteiger partial charge in [0.05, 0.1) is 11.3 Å². The smallest absolute Gasteiger partial charge is 0.177 e. The Balaban J connectivity index is 2.67. The Morgan fingerprint density at radius 1 is 1.43 bits per heavy atom. The third-order valence-electron chi connectivity index (χ3n) is 2.15. The zero-order chi connectivity index (χ0) is 10.1. The minimum Gasteiger partial charge on any atom is -0.484 e. The fraction of sp³-hybridized carbons (Fsp3) is 0.273. The Morgan fingerprint density at radius 2 is 2.21 bits per heavy atom. The summed E-state index contributed by atoms with van der Waals surface area (Å²) < 4.78 is 7.99. The van der Waals surface area contributed by atoms with Gasteiger partial charge in [0.1, 0.15) is 0 Å². The molecule has 0 spiro atoms. The van der Waals surface area contributed by atoms with Gasteiger partial charge in [-0.25, -0.2) is 0 Å². The summed E-state index contributed by atoms with van der Waals surface area (Å²) in [6.45, 7) is 4.85. The van der Waals surface area contributed by atoms with E-state index < -0.39 is 0 Å². The van der Waals surface area contributed by atoms with Crippen LogP contribution in [0.1, 0.15) is 12.5 Å². The summed E-state index contributed by atoms with van der Waals surface area (Å²) in [6.07, 6.45) is 0. The van der Waals surface area contributed by atoms with Crippen LogP contribution >= 0.6 is 27.3 Å². The summed E-state index contributed by atoms with van der Waals surface area (Å²) in [7, 11) is 0. The molecule has 0 atom stereocenters. The minimum atomic E-state index is 0.727. The molecule has 14 heavy (non-hydrogen) atoms. The molecule has 0 saturated carbocycles. The van der Waals surface area contributed by atoms with Gasteiger partial charge in [-0.3, -0.25) is 0 Å². The molecular formula is C11H11BrOS. The Hall–Kier alpha value is -0.540. The van der Waals surface area contributed by atoms with E-state index in [1.165, 1.54) is 15.6 Å². The van der Waals surface area contributed by atoms with Crippen LogP contribution in [0.15, 0.2) is 22.7 Å². The van der Waals surface area contributed by atoms with E-state index in [0.29, 0.717) is 0 Å². The molecule has 0 N–H and O–H groups in total. The first-order valence-electron chi connectivity index (χ1n) is 4.54. The topological polar surface area (TPSA) is 9.23 Å². The van der Waals surface area contributed by atoms with Gasteiger partial charge >= 0.3 is 0 Å². The van der Waals surface area contributed by atoms with Crippen molar-refractivity contribution in [1.82, 2.24) is 0 Å². The highest BCUT2D eigenvalue weighted by Gasteiger charge is 2.10. The summed E-state index contributed by atoms with van der Waals surface area (Å²) in [5.74, 6) is 0. The lowest BCUT2D eigenvalue weighted by molar-refractivity contribution is 0.348. The van der Waals surface area contributed by atoms with Gasteiger partial charge in [-0.05, 0) is 35.8 Å². The van der Waals surface area contributed by atoms with E-state index in [1.807, 2.05) is 6.92 Å². The molecule has 74 valence electrons. The van der Waals surface area contributed by atoms with Gasteiger partial charge in [0.15, 0.2) is 5.06 Å². The van der Waals surface area contributed by atoms with Crippen LogP contribution in [0.4, 0.5) is 0 Å². The van der Waals surface area contributed by atoms with Crippen molar-refractivity contribution >= 4 is 37.4 Å². The molecule has 3 heteroatoms. The normalized spacial score (nSPS) is 10.8. The standard InChI is InChI=1S/C11H11BrOS/c1-3-13-11-7(2)8-5-4-6-9(12)10(8)14-11/h4-6H,3H2,1-2H3. The number of benzene rings is 1. The molecule has 0 aliphatic heterocycles. The average molecular weight is 271 g/mol. The number of fused-ring (bicyclic) bond motifs is 1. The number of thiophene rings is 1. The molecule has 0 radical (unpaired) electrons. The van der Waals surface area contributed by atoms with Gasteiger partial charge in [-0.1, -0.05) is 23.5 Å². The maximum Gasteiger partial charge on any atom is 0.177 e. The molecule has 0 fully saturated rings. The molecule has 0 amide bonds. The first kappa shape index (κ1) is 9.99. The van der Waals surface area contributed by atoms with E-state index in [9.17, 15) is 0 Å². The maximum absolute atomic E-state index is 5.57. The van der Waals surface area contributed by atoms with Crippen molar-refractivity contribution in [1.29, 1.82) is 0 Å². The minimum absolute atomic E-state index is 0.727. The van der Waals surface area contributed by atoms with Gasteiger partial charge in [0, 0.05) is 15.4 Å². The van der Waals surface area contributed by atoms with Gasteiger partial charge in [0.2, 0.25) is 0 Å². The Kier molecular flexibility index (Phi) is 2.79. The summed E-state index contributed by atoms with van der Waals surface area (Å²) >= 11 is 5.26. The lowest BCUT2D eigenvalue weighted by Crippen LogP contribution is -1.89. The predicted molar refractivity (Wildman–Crippen MR) is 65.4 cm³/mol. The number of rotatable bonds is 2. The van der Waals surface area contributed by atoms with Crippen LogP contribution < -0.4 is 4.74 Å². The summed E-state index contributed by atoms with van der Waals surface area (Å²) in [5.41, 5.74) is 1.24. The van der Waals surface area contributed by atoms with Crippen molar-refractivity contribution in [2.24, 2.45) is 0 Å². The van der Waals surface area contributed by atoms with Gasteiger partial charge in [-0.2, -0.15) is 0 Å². The number of aryl methyl sites for hydroxylation is 1. The van der Waals surface area contributed by atoms with Crippen LogP contribution in [0.3, 0.4) is 0 Å². The molecule has 0 aliphatic rings. The second kappa shape index (κ2) is 3.91. The lowest BCUT2D eigenvalue weighted by Gasteiger charge is -1.98. The predicted octanol–water partition coefficient (Wildman–Crippen LogP) is 4.37. The van der Waals surface area contributed by atoms with E-state index in [4.69, 9.17) is 4.74 Å². The molecule has 1 aromatic carbocycles. The quantitative estimate of drug-likeness (QED) is 0.788. The molecule has 1 heterocycles.